The van der Waals surface area contributed by atoms with Gasteiger partial charge in [0.15, 0.2) is 0 Å². The largest absolute Gasteiger partial charge is 0.460 e. The van der Waals surface area contributed by atoms with E-state index in [4.69, 9.17) is 9.47 Å². The smallest absolute Gasteiger partial charge is 0.407 e. The third-order valence-corrected chi connectivity index (χ3v) is 1.73. The highest BCUT2D eigenvalue weighted by atomic mass is 16.5. The first-order valence-corrected chi connectivity index (χ1v) is 5.75. The highest BCUT2D eigenvalue weighted by molar-refractivity contribution is 5.91. The van der Waals surface area contributed by atoms with Gasteiger partial charge in [0.2, 0.25) is 0 Å². The molecule has 7 nitrogen and oxygen atoms in total. The predicted molar refractivity (Wildman–Crippen MR) is 66.3 cm³/mol. The molecule has 0 aliphatic heterocycles. The van der Waals surface area contributed by atoms with Gasteiger partial charge >= 0.3 is 18.0 Å². The van der Waals surface area contributed by atoms with Crippen molar-refractivity contribution >= 4 is 18.0 Å². The van der Waals surface area contributed by atoms with Crippen molar-refractivity contribution < 1.29 is 28.6 Å². The number of carbonyl (C=O) groups excluding carboxylic acids is 3. The van der Waals surface area contributed by atoms with Crippen LogP contribution < -0.4 is 5.32 Å². The number of esters is 2. The Morgan fingerprint density at radius 1 is 1.11 bits per heavy atom. The molecule has 0 spiro atoms. The summed E-state index contributed by atoms with van der Waals surface area (Å²) in [6.07, 6.45) is 1.09. The van der Waals surface area contributed by atoms with E-state index in [1.54, 1.807) is 20.8 Å². The summed E-state index contributed by atoms with van der Waals surface area (Å²) in [4.78, 5) is 33.2. The quantitative estimate of drug-likeness (QED) is 0.437. The lowest BCUT2D eigenvalue weighted by atomic mass is 10.4. The average Bonchev–Trinajstić information content (AvgIpc) is 2.32. The van der Waals surface area contributed by atoms with Gasteiger partial charge in [0.1, 0.15) is 6.61 Å². The second kappa shape index (κ2) is 8.96. The monoisotopic (exact) mass is 273 g/mol. The van der Waals surface area contributed by atoms with Gasteiger partial charge in [0.25, 0.3) is 0 Å². The van der Waals surface area contributed by atoms with Gasteiger partial charge in [-0.05, 0) is 20.8 Å². The minimum Gasteiger partial charge on any atom is -0.460 e. The van der Waals surface area contributed by atoms with Crippen LogP contribution in [0.2, 0.25) is 0 Å². The van der Waals surface area contributed by atoms with Crippen molar-refractivity contribution in [3.05, 3.63) is 12.2 Å². The summed E-state index contributed by atoms with van der Waals surface area (Å²) in [5, 5.41) is 2.42. The lowest BCUT2D eigenvalue weighted by Crippen LogP contribution is -2.36. The third kappa shape index (κ3) is 9.63. The Hall–Kier alpha value is -2.05. The first kappa shape index (κ1) is 16.9. The van der Waals surface area contributed by atoms with E-state index in [9.17, 15) is 14.4 Å². The molecule has 0 unspecified atom stereocenters. The molecule has 0 aromatic carbocycles. The molecule has 0 heterocycles. The van der Waals surface area contributed by atoms with Crippen LogP contribution >= 0.6 is 0 Å². The van der Waals surface area contributed by atoms with Gasteiger partial charge in [-0.1, -0.05) is 0 Å². The first-order valence-electron chi connectivity index (χ1n) is 5.75. The second-order valence-electron chi connectivity index (χ2n) is 3.99. The zero-order chi connectivity index (χ0) is 14.8. The number of nitrogens with one attached hydrogen (secondary N) is 1. The van der Waals surface area contributed by atoms with Crippen LogP contribution in [0.5, 0.6) is 0 Å². The molecule has 0 fully saturated rings. The molecule has 0 aliphatic rings. The Kier molecular flexibility index (Phi) is 7.99. The van der Waals surface area contributed by atoms with Gasteiger partial charge in [-0.3, -0.25) is 0 Å². The van der Waals surface area contributed by atoms with Crippen molar-refractivity contribution in [2.24, 2.45) is 0 Å². The van der Waals surface area contributed by atoms with Crippen LogP contribution in [-0.2, 0) is 23.8 Å². The summed E-state index contributed by atoms with van der Waals surface area (Å²) in [5.74, 6) is -1.31. The van der Waals surface area contributed by atoms with Crippen molar-refractivity contribution in [1.29, 1.82) is 0 Å². The summed E-state index contributed by atoms with van der Waals surface area (Å²) < 4.78 is 14.0. The van der Waals surface area contributed by atoms with E-state index in [1.165, 1.54) is 7.11 Å². The van der Waals surface area contributed by atoms with Crippen LogP contribution in [0.4, 0.5) is 4.79 Å². The predicted octanol–water partition coefficient (Wildman–Crippen LogP) is 0.782. The van der Waals surface area contributed by atoms with Crippen molar-refractivity contribution in [1.82, 2.24) is 5.32 Å². The van der Waals surface area contributed by atoms with Crippen molar-refractivity contribution in [3.63, 3.8) is 0 Å². The van der Waals surface area contributed by atoms with E-state index < -0.39 is 24.1 Å². The molecule has 0 rings (SSSR count). The van der Waals surface area contributed by atoms with E-state index in [1.807, 2.05) is 0 Å². The molecule has 108 valence electrons. The first-order chi connectivity index (χ1) is 8.85. The van der Waals surface area contributed by atoms with Crippen molar-refractivity contribution in [2.75, 3.05) is 13.7 Å². The van der Waals surface area contributed by atoms with E-state index >= 15 is 0 Å². The van der Waals surface area contributed by atoms with E-state index in [0.717, 1.165) is 12.2 Å². The lowest BCUT2D eigenvalue weighted by Gasteiger charge is -2.12. The minimum atomic E-state index is -0.695. The topological polar surface area (TPSA) is 90.9 Å². The Balaban J connectivity index is 3.95. The number of hydrogen-bond acceptors (Lipinski definition) is 6. The maximum atomic E-state index is 11.2. The molecule has 1 amide bonds. The summed E-state index contributed by atoms with van der Waals surface area (Å²) in [5.41, 5.74) is 0. The number of hydrogen-bond donors (Lipinski definition) is 1. The third-order valence-electron chi connectivity index (χ3n) is 1.73. The molecule has 0 aromatic rings. The lowest BCUT2D eigenvalue weighted by molar-refractivity contribution is -0.143. The van der Waals surface area contributed by atoms with Gasteiger partial charge in [-0.15, -0.1) is 0 Å². The van der Waals surface area contributed by atoms with Gasteiger partial charge in [0.05, 0.1) is 19.3 Å². The molecule has 7 heteroatoms. The maximum absolute atomic E-state index is 11.2. The molecule has 0 aliphatic carbocycles. The number of amides is 1. The zero-order valence-electron chi connectivity index (χ0n) is 11.5. The summed E-state index contributed by atoms with van der Waals surface area (Å²) >= 11 is 0. The Bertz CT molecular complexity index is 350. The normalized spacial score (nSPS) is 12.1. The molecule has 0 saturated carbocycles. The summed E-state index contributed by atoms with van der Waals surface area (Å²) in [7, 11) is 1.23. The van der Waals surface area contributed by atoms with Gasteiger partial charge in [-0.2, -0.15) is 0 Å². The van der Waals surface area contributed by atoms with Crippen LogP contribution in [0.15, 0.2) is 12.2 Å². The molecule has 0 aromatic heterocycles. The molecule has 1 N–H and O–H groups in total. The maximum Gasteiger partial charge on any atom is 0.407 e. The minimum absolute atomic E-state index is 0.0303. The molecular weight excluding hydrogens is 254 g/mol. The SMILES string of the molecule is COC(=O)N[C@@H](C)COC(=O)/C=C/C(=O)OC(C)C. The second-order valence-corrected chi connectivity index (χ2v) is 3.99. The van der Waals surface area contributed by atoms with Crippen molar-refractivity contribution in [2.45, 2.75) is 32.9 Å². The van der Waals surface area contributed by atoms with Crippen LogP contribution in [0.3, 0.4) is 0 Å². The molecule has 0 saturated heterocycles. The molecule has 19 heavy (non-hydrogen) atoms. The Labute approximate surface area is 111 Å². The van der Waals surface area contributed by atoms with E-state index in [0.29, 0.717) is 0 Å². The summed E-state index contributed by atoms with van der Waals surface area (Å²) in [6.45, 7) is 5.01. The standard InChI is InChI=1S/C12H19NO6/c1-8(2)19-11(15)6-5-10(14)18-7-9(3)13-12(16)17-4/h5-6,8-9H,7H2,1-4H3,(H,13,16)/b6-5+/t9-/m0/s1. The summed E-state index contributed by atoms with van der Waals surface area (Å²) in [6, 6.07) is -0.396. The number of methoxy groups -OCH3 is 1. The fourth-order valence-corrected chi connectivity index (χ4v) is 0.965. The van der Waals surface area contributed by atoms with Crippen molar-refractivity contribution in [3.8, 4) is 0 Å². The number of alkyl carbamates (subject to hydrolysis) is 1. The van der Waals surface area contributed by atoms with Crippen LogP contribution in [-0.4, -0.2) is 43.9 Å². The molecule has 0 radical (unpaired) electrons. The van der Waals surface area contributed by atoms with Crippen LogP contribution in [0.1, 0.15) is 20.8 Å². The van der Waals surface area contributed by atoms with Gasteiger partial charge in [0, 0.05) is 12.2 Å². The van der Waals surface area contributed by atoms with E-state index in [2.05, 4.69) is 10.1 Å². The van der Waals surface area contributed by atoms with Crippen LogP contribution in [0.25, 0.3) is 0 Å². The number of ether oxygens (including phenoxy) is 3. The molecule has 1 atom stereocenters. The highest BCUT2D eigenvalue weighted by Gasteiger charge is 2.09. The molecule has 0 bridgehead atoms. The number of rotatable bonds is 6. The van der Waals surface area contributed by atoms with Gasteiger partial charge in [-0.25, -0.2) is 14.4 Å². The van der Waals surface area contributed by atoms with Crippen LogP contribution in [0, 0.1) is 0 Å². The fourth-order valence-electron chi connectivity index (χ4n) is 0.965. The highest BCUT2D eigenvalue weighted by Crippen LogP contribution is 1.92. The Morgan fingerprint density at radius 3 is 2.21 bits per heavy atom. The van der Waals surface area contributed by atoms with Gasteiger partial charge < -0.3 is 19.5 Å². The Morgan fingerprint density at radius 2 is 1.68 bits per heavy atom. The average molecular weight is 273 g/mol. The fraction of sp³-hybridized carbons (Fsp3) is 0.583. The number of carbonyl (C=O) groups is 3. The van der Waals surface area contributed by atoms with E-state index in [-0.39, 0.29) is 12.7 Å². The zero-order valence-corrected chi connectivity index (χ0v) is 11.5. The molecular formula is C12H19NO6.